The third-order valence-corrected chi connectivity index (χ3v) is 5.09. The van der Waals surface area contributed by atoms with E-state index in [1.165, 1.54) is 6.42 Å². The Morgan fingerprint density at radius 3 is 3.00 bits per heavy atom. The predicted molar refractivity (Wildman–Crippen MR) is 77.9 cm³/mol. The Balaban J connectivity index is 1.81. The van der Waals surface area contributed by atoms with E-state index in [-0.39, 0.29) is 5.92 Å². The summed E-state index contributed by atoms with van der Waals surface area (Å²) in [5, 5.41) is 10.6. The molecule has 1 aromatic carbocycles. The van der Waals surface area contributed by atoms with Crippen molar-refractivity contribution in [3.8, 4) is 6.07 Å². The maximum absolute atomic E-state index is 9.27. The van der Waals surface area contributed by atoms with E-state index in [4.69, 9.17) is 0 Å². The van der Waals surface area contributed by atoms with Gasteiger partial charge in [-0.25, -0.2) is 4.98 Å². The summed E-state index contributed by atoms with van der Waals surface area (Å²) in [6.45, 7) is 2.28. The molecule has 0 spiro atoms. The summed E-state index contributed by atoms with van der Waals surface area (Å²) in [7, 11) is 0. The van der Waals surface area contributed by atoms with Gasteiger partial charge in [-0.05, 0) is 37.3 Å². The van der Waals surface area contributed by atoms with Gasteiger partial charge in [0.25, 0.3) is 0 Å². The van der Waals surface area contributed by atoms with Gasteiger partial charge < -0.3 is 4.98 Å². The number of H-pyrrole nitrogens is 1. The van der Waals surface area contributed by atoms with E-state index in [1.807, 2.05) is 24.3 Å². The summed E-state index contributed by atoms with van der Waals surface area (Å²) in [5.74, 6) is 0.876. The standard InChI is InChI=1S/C15H17N3S/c1-10-6-7-11(9-16)14(8-10)19-15-17-12-4-2-3-5-13(12)18-15/h2-5,10-11,14H,6-8H2,1H3,(H,17,18). The predicted octanol–water partition coefficient (Wildman–Crippen LogP) is 3.98. The first-order valence-corrected chi connectivity index (χ1v) is 7.65. The molecule has 0 amide bonds. The number of nitrogens with one attached hydrogen (secondary N) is 1. The number of aromatic amines is 1. The molecule has 0 aliphatic heterocycles. The molecule has 4 heteroatoms. The lowest BCUT2D eigenvalue weighted by molar-refractivity contribution is 0.345. The largest absolute Gasteiger partial charge is 0.333 e. The number of thioether (sulfide) groups is 1. The van der Waals surface area contributed by atoms with Crippen LogP contribution in [0.25, 0.3) is 11.0 Å². The van der Waals surface area contributed by atoms with Gasteiger partial charge in [0.1, 0.15) is 0 Å². The van der Waals surface area contributed by atoms with Crippen molar-refractivity contribution in [2.75, 3.05) is 0 Å². The zero-order valence-corrected chi connectivity index (χ0v) is 11.8. The first kappa shape index (κ1) is 12.6. The van der Waals surface area contributed by atoms with Crippen molar-refractivity contribution in [3.05, 3.63) is 24.3 Å². The molecule has 3 atom stereocenters. The molecule has 1 heterocycles. The van der Waals surface area contributed by atoms with Gasteiger partial charge in [-0.3, -0.25) is 0 Å². The number of benzene rings is 1. The number of hydrogen-bond donors (Lipinski definition) is 1. The van der Waals surface area contributed by atoms with Crippen LogP contribution in [0.4, 0.5) is 0 Å². The number of hydrogen-bond acceptors (Lipinski definition) is 3. The minimum atomic E-state index is 0.161. The van der Waals surface area contributed by atoms with Crippen molar-refractivity contribution in [1.29, 1.82) is 5.26 Å². The highest BCUT2D eigenvalue weighted by Crippen LogP contribution is 2.39. The molecule has 1 saturated carbocycles. The Morgan fingerprint density at radius 1 is 1.37 bits per heavy atom. The van der Waals surface area contributed by atoms with E-state index < -0.39 is 0 Å². The van der Waals surface area contributed by atoms with E-state index in [9.17, 15) is 5.26 Å². The Labute approximate surface area is 117 Å². The summed E-state index contributed by atoms with van der Waals surface area (Å²) < 4.78 is 0. The zero-order chi connectivity index (χ0) is 13.2. The average molecular weight is 271 g/mol. The molecule has 0 radical (unpaired) electrons. The lowest BCUT2D eigenvalue weighted by Crippen LogP contribution is -2.25. The molecule has 1 aliphatic rings. The molecular formula is C15H17N3S. The maximum Gasteiger partial charge on any atom is 0.166 e. The number of para-hydroxylation sites is 2. The van der Waals surface area contributed by atoms with Crippen LogP contribution in [0.3, 0.4) is 0 Å². The fraction of sp³-hybridized carbons (Fsp3) is 0.467. The number of rotatable bonds is 2. The number of imidazole rings is 1. The van der Waals surface area contributed by atoms with Gasteiger partial charge in [0, 0.05) is 5.25 Å². The summed E-state index contributed by atoms with van der Waals surface area (Å²) in [6.07, 6.45) is 3.31. The average Bonchev–Trinajstić information content (AvgIpc) is 2.81. The normalized spacial score (nSPS) is 27.3. The molecule has 0 bridgehead atoms. The highest BCUT2D eigenvalue weighted by Gasteiger charge is 2.30. The van der Waals surface area contributed by atoms with Crippen LogP contribution >= 0.6 is 11.8 Å². The van der Waals surface area contributed by atoms with Gasteiger partial charge in [0.05, 0.1) is 23.0 Å². The molecule has 3 nitrogen and oxygen atoms in total. The lowest BCUT2D eigenvalue weighted by atomic mass is 9.83. The van der Waals surface area contributed by atoms with Crippen LogP contribution in [0, 0.1) is 23.2 Å². The number of nitrogens with zero attached hydrogens (tertiary/aromatic N) is 2. The first-order valence-electron chi connectivity index (χ1n) is 6.77. The van der Waals surface area contributed by atoms with Crippen LogP contribution in [0.2, 0.25) is 0 Å². The summed E-state index contributed by atoms with van der Waals surface area (Å²) in [5.41, 5.74) is 2.07. The van der Waals surface area contributed by atoms with Crippen LogP contribution in [-0.2, 0) is 0 Å². The monoisotopic (exact) mass is 271 g/mol. The molecule has 1 N–H and O–H groups in total. The Hall–Kier alpha value is -1.47. The molecule has 1 fully saturated rings. The molecular weight excluding hydrogens is 254 g/mol. The number of fused-ring (bicyclic) bond motifs is 1. The highest BCUT2D eigenvalue weighted by atomic mass is 32.2. The molecule has 1 aliphatic carbocycles. The second-order valence-electron chi connectivity index (χ2n) is 5.37. The SMILES string of the molecule is CC1CCC(C#N)C(Sc2nc3ccccc3[nH]2)C1. The quantitative estimate of drug-likeness (QED) is 0.898. The fourth-order valence-corrected chi connectivity index (χ4v) is 4.13. The zero-order valence-electron chi connectivity index (χ0n) is 11.0. The summed E-state index contributed by atoms with van der Waals surface area (Å²) >= 11 is 1.74. The van der Waals surface area contributed by atoms with Crippen molar-refractivity contribution in [2.45, 2.75) is 36.6 Å². The smallest absolute Gasteiger partial charge is 0.166 e. The molecule has 3 rings (SSSR count). The maximum atomic E-state index is 9.27. The third-order valence-electron chi connectivity index (χ3n) is 3.85. The van der Waals surface area contributed by atoms with Crippen LogP contribution in [0.5, 0.6) is 0 Å². The lowest BCUT2D eigenvalue weighted by Gasteiger charge is -2.29. The van der Waals surface area contributed by atoms with Gasteiger partial charge in [-0.2, -0.15) is 5.26 Å². The number of nitriles is 1. The van der Waals surface area contributed by atoms with E-state index in [0.717, 1.165) is 29.0 Å². The van der Waals surface area contributed by atoms with Crippen molar-refractivity contribution in [2.24, 2.45) is 11.8 Å². The van der Waals surface area contributed by atoms with Crippen molar-refractivity contribution >= 4 is 22.8 Å². The Kier molecular flexibility index (Phi) is 3.48. The van der Waals surface area contributed by atoms with E-state index >= 15 is 0 Å². The Bertz CT molecular complexity index is 580. The summed E-state index contributed by atoms with van der Waals surface area (Å²) in [4.78, 5) is 7.94. The molecule has 1 aromatic heterocycles. The molecule has 0 saturated heterocycles. The van der Waals surface area contributed by atoms with Gasteiger partial charge in [0.2, 0.25) is 0 Å². The second kappa shape index (κ2) is 5.26. The van der Waals surface area contributed by atoms with E-state index in [0.29, 0.717) is 11.2 Å². The van der Waals surface area contributed by atoms with Crippen molar-refractivity contribution < 1.29 is 0 Å². The molecule has 19 heavy (non-hydrogen) atoms. The van der Waals surface area contributed by atoms with Crippen LogP contribution in [0.15, 0.2) is 29.4 Å². The topological polar surface area (TPSA) is 52.5 Å². The van der Waals surface area contributed by atoms with E-state index in [1.54, 1.807) is 11.8 Å². The van der Waals surface area contributed by atoms with Gasteiger partial charge >= 0.3 is 0 Å². The van der Waals surface area contributed by atoms with Gasteiger partial charge in [-0.1, -0.05) is 30.8 Å². The Morgan fingerprint density at radius 2 is 2.21 bits per heavy atom. The second-order valence-corrected chi connectivity index (χ2v) is 6.60. The molecule has 98 valence electrons. The van der Waals surface area contributed by atoms with Crippen LogP contribution in [-0.4, -0.2) is 15.2 Å². The van der Waals surface area contributed by atoms with Gasteiger partial charge in [-0.15, -0.1) is 0 Å². The van der Waals surface area contributed by atoms with E-state index in [2.05, 4.69) is 23.0 Å². The minimum absolute atomic E-state index is 0.161. The minimum Gasteiger partial charge on any atom is -0.333 e. The highest BCUT2D eigenvalue weighted by molar-refractivity contribution is 7.99. The summed E-state index contributed by atoms with van der Waals surface area (Å²) in [6, 6.07) is 10.5. The number of aromatic nitrogens is 2. The van der Waals surface area contributed by atoms with Crippen molar-refractivity contribution in [1.82, 2.24) is 9.97 Å². The third kappa shape index (κ3) is 2.62. The first-order chi connectivity index (χ1) is 9.26. The van der Waals surface area contributed by atoms with Crippen LogP contribution in [0.1, 0.15) is 26.2 Å². The van der Waals surface area contributed by atoms with Crippen LogP contribution < -0.4 is 0 Å². The molecule has 3 unspecified atom stereocenters. The molecule has 2 aromatic rings. The van der Waals surface area contributed by atoms with Gasteiger partial charge in [0.15, 0.2) is 5.16 Å². The van der Waals surface area contributed by atoms with Crippen molar-refractivity contribution in [3.63, 3.8) is 0 Å². The fourth-order valence-electron chi connectivity index (χ4n) is 2.74.